The summed E-state index contributed by atoms with van der Waals surface area (Å²) in [6.07, 6.45) is 0.661. The second-order valence-electron chi connectivity index (χ2n) is 3.61. The van der Waals surface area contributed by atoms with Crippen molar-refractivity contribution < 1.29 is 4.79 Å². The highest BCUT2D eigenvalue weighted by Gasteiger charge is 2.08. The minimum Gasteiger partial charge on any atom is -0.298 e. The molecule has 0 saturated heterocycles. The van der Waals surface area contributed by atoms with Crippen LogP contribution >= 0.6 is 0 Å². The monoisotopic (exact) mass is 171 g/mol. The molecule has 0 saturated carbocycles. The van der Waals surface area contributed by atoms with E-state index < -0.39 is 0 Å². The molecule has 0 rings (SSSR count). The van der Waals surface area contributed by atoms with Crippen LogP contribution in [0.4, 0.5) is 0 Å². The molecule has 2 nitrogen and oxygen atoms in total. The zero-order chi connectivity index (χ0) is 9.56. The van der Waals surface area contributed by atoms with E-state index in [4.69, 9.17) is 0 Å². The van der Waals surface area contributed by atoms with E-state index in [1.807, 2.05) is 6.92 Å². The molecule has 0 aromatic carbocycles. The lowest BCUT2D eigenvalue weighted by Gasteiger charge is -2.21. The molecule has 0 spiro atoms. The molecule has 12 heavy (non-hydrogen) atoms. The van der Waals surface area contributed by atoms with Gasteiger partial charge in [-0.05, 0) is 12.5 Å². The van der Waals surface area contributed by atoms with E-state index in [2.05, 4.69) is 25.7 Å². The molecule has 0 radical (unpaired) electrons. The molecule has 0 amide bonds. The van der Waals surface area contributed by atoms with Gasteiger partial charge in [-0.3, -0.25) is 9.69 Å². The van der Waals surface area contributed by atoms with Crippen LogP contribution in [-0.2, 0) is 4.79 Å². The summed E-state index contributed by atoms with van der Waals surface area (Å²) in [6.45, 7) is 11.0. The van der Waals surface area contributed by atoms with E-state index in [1.165, 1.54) is 0 Å². The van der Waals surface area contributed by atoms with Crippen LogP contribution in [0.1, 0.15) is 34.1 Å². The minimum atomic E-state index is 0.345. The smallest absolute Gasteiger partial charge is 0.146 e. The van der Waals surface area contributed by atoms with Crippen molar-refractivity contribution in [2.75, 3.05) is 19.6 Å². The lowest BCUT2D eigenvalue weighted by molar-refractivity contribution is -0.119. The Morgan fingerprint density at radius 2 is 1.92 bits per heavy atom. The summed E-state index contributed by atoms with van der Waals surface area (Å²) in [5, 5.41) is 0. The van der Waals surface area contributed by atoms with Crippen LogP contribution in [0, 0.1) is 5.92 Å². The number of carbonyl (C=O) groups excluding carboxylic acids is 1. The summed E-state index contributed by atoms with van der Waals surface area (Å²) in [7, 11) is 0. The van der Waals surface area contributed by atoms with E-state index in [9.17, 15) is 4.79 Å². The standard InChI is InChI=1S/C10H21NO/c1-5-10(12)8-11(6-2)7-9(3)4/h9H,5-8H2,1-4H3. The van der Waals surface area contributed by atoms with Gasteiger partial charge in [-0.25, -0.2) is 0 Å². The zero-order valence-corrected chi connectivity index (χ0v) is 8.76. The molecule has 0 aliphatic heterocycles. The summed E-state index contributed by atoms with van der Waals surface area (Å²) >= 11 is 0. The van der Waals surface area contributed by atoms with Crippen molar-refractivity contribution in [2.24, 2.45) is 5.92 Å². The fourth-order valence-electron chi connectivity index (χ4n) is 1.18. The molecule has 0 atom stereocenters. The number of hydrogen-bond acceptors (Lipinski definition) is 2. The second kappa shape index (κ2) is 6.18. The van der Waals surface area contributed by atoms with Gasteiger partial charge in [-0.15, -0.1) is 0 Å². The largest absolute Gasteiger partial charge is 0.298 e. The Hall–Kier alpha value is -0.370. The van der Waals surface area contributed by atoms with Gasteiger partial charge in [0.25, 0.3) is 0 Å². The molecule has 2 heteroatoms. The Morgan fingerprint density at radius 1 is 1.33 bits per heavy atom. The highest BCUT2D eigenvalue weighted by molar-refractivity contribution is 5.80. The first-order valence-electron chi connectivity index (χ1n) is 4.84. The second-order valence-corrected chi connectivity index (χ2v) is 3.61. The fraction of sp³-hybridized carbons (Fsp3) is 0.900. The number of carbonyl (C=O) groups is 1. The van der Waals surface area contributed by atoms with Crippen LogP contribution in [0.3, 0.4) is 0 Å². The van der Waals surface area contributed by atoms with Gasteiger partial charge in [0, 0.05) is 13.0 Å². The summed E-state index contributed by atoms with van der Waals surface area (Å²) in [4.78, 5) is 13.3. The van der Waals surface area contributed by atoms with Crippen molar-refractivity contribution in [1.29, 1.82) is 0 Å². The normalized spacial score (nSPS) is 11.2. The predicted molar refractivity (Wildman–Crippen MR) is 52.3 cm³/mol. The van der Waals surface area contributed by atoms with Crippen LogP contribution in [0.2, 0.25) is 0 Å². The summed E-state index contributed by atoms with van der Waals surface area (Å²) in [5.74, 6) is 0.993. The van der Waals surface area contributed by atoms with Gasteiger partial charge < -0.3 is 0 Å². The highest BCUT2D eigenvalue weighted by atomic mass is 16.1. The Labute approximate surface area is 75.9 Å². The Kier molecular flexibility index (Phi) is 5.99. The van der Waals surface area contributed by atoms with E-state index in [1.54, 1.807) is 0 Å². The number of nitrogens with zero attached hydrogens (tertiary/aromatic N) is 1. The van der Waals surface area contributed by atoms with Crippen LogP contribution in [0.25, 0.3) is 0 Å². The molecule has 0 unspecified atom stereocenters. The predicted octanol–water partition coefficient (Wildman–Crippen LogP) is 1.94. The topological polar surface area (TPSA) is 20.3 Å². The SMILES string of the molecule is CCC(=O)CN(CC)CC(C)C. The van der Waals surface area contributed by atoms with Crippen molar-refractivity contribution in [1.82, 2.24) is 4.90 Å². The molecule has 0 aliphatic carbocycles. The van der Waals surface area contributed by atoms with E-state index in [-0.39, 0.29) is 0 Å². The summed E-state index contributed by atoms with van der Waals surface area (Å²) in [5.41, 5.74) is 0. The van der Waals surface area contributed by atoms with Crippen molar-refractivity contribution in [2.45, 2.75) is 34.1 Å². The lowest BCUT2D eigenvalue weighted by Crippen LogP contribution is -2.32. The first kappa shape index (κ1) is 11.6. The fourth-order valence-corrected chi connectivity index (χ4v) is 1.18. The van der Waals surface area contributed by atoms with Crippen LogP contribution in [0.15, 0.2) is 0 Å². The molecular weight excluding hydrogens is 150 g/mol. The maximum atomic E-state index is 11.1. The molecule has 0 aliphatic rings. The highest BCUT2D eigenvalue weighted by Crippen LogP contribution is 1.98. The van der Waals surface area contributed by atoms with Gasteiger partial charge >= 0.3 is 0 Å². The van der Waals surface area contributed by atoms with Crippen LogP contribution in [0.5, 0.6) is 0 Å². The summed E-state index contributed by atoms with van der Waals surface area (Å²) in [6, 6.07) is 0. The Bertz CT molecular complexity index is 132. The third-order valence-electron chi connectivity index (χ3n) is 1.86. The molecule has 0 fully saturated rings. The molecule has 0 heterocycles. The van der Waals surface area contributed by atoms with E-state index in [0.29, 0.717) is 24.7 Å². The number of likely N-dealkylation sites (N-methyl/N-ethyl adjacent to an activating group) is 1. The lowest BCUT2D eigenvalue weighted by atomic mass is 10.2. The first-order valence-corrected chi connectivity index (χ1v) is 4.84. The van der Waals surface area contributed by atoms with Crippen molar-refractivity contribution in [3.05, 3.63) is 0 Å². The van der Waals surface area contributed by atoms with Gasteiger partial charge in [0.2, 0.25) is 0 Å². The number of Topliss-reactive ketones (excluding diaryl/α,β-unsaturated/α-hetero) is 1. The number of rotatable bonds is 6. The molecule has 0 bridgehead atoms. The van der Waals surface area contributed by atoms with Crippen molar-refractivity contribution in [3.63, 3.8) is 0 Å². The Morgan fingerprint density at radius 3 is 2.25 bits per heavy atom. The van der Waals surface area contributed by atoms with Gasteiger partial charge in [0.1, 0.15) is 5.78 Å². The van der Waals surface area contributed by atoms with Gasteiger partial charge in [-0.2, -0.15) is 0 Å². The number of ketones is 1. The summed E-state index contributed by atoms with van der Waals surface area (Å²) < 4.78 is 0. The average molecular weight is 171 g/mol. The average Bonchev–Trinajstić information content (AvgIpc) is 2.02. The van der Waals surface area contributed by atoms with Gasteiger partial charge in [0.15, 0.2) is 0 Å². The van der Waals surface area contributed by atoms with Crippen molar-refractivity contribution >= 4 is 5.78 Å². The minimum absolute atomic E-state index is 0.345. The third-order valence-corrected chi connectivity index (χ3v) is 1.86. The number of hydrogen-bond donors (Lipinski definition) is 0. The van der Waals surface area contributed by atoms with Crippen LogP contribution in [-0.4, -0.2) is 30.3 Å². The van der Waals surface area contributed by atoms with Gasteiger partial charge in [-0.1, -0.05) is 27.7 Å². The third kappa shape index (κ3) is 5.30. The maximum Gasteiger partial charge on any atom is 0.146 e. The molecule has 0 N–H and O–H groups in total. The quantitative estimate of drug-likeness (QED) is 0.608. The van der Waals surface area contributed by atoms with E-state index in [0.717, 1.165) is 13.1 Å². The van der Waals surface area contributed by atoms with Gasteiger partial charge in [0.05, 0.1) is 6.54 Å². The van der Waals surface area contributed by atoms with Crippen molar-refractivity contribution in [3.8, 4) is 0 Å². The molecular formula is C10H21NO. The zero-order valence-electron chi connectivity index (χ0n) is 8.76. The van der Waals surface area contributed by atoms with Crippen LogP contribution < -0.4 is 0 Å². The van der Waals surface area contributed by atoms with E-state index >= 15 is 0 Å². The molecule has 0 aromatic rings. The first-order chi connectivity index (χ1) is 5.60. The molecule has 0 aromatic heterocycles. The Balaban J connectivity index is 3.74. The maximum absolute atomic E-state index is 11.1. The molecule has 72 valence electrons.